The first-order valence-corrected chi connectivity index (χ1v) is 10.1. The Kier molecular flexibility index (Phi) is 8.56. The molecule has 0 aliphatic rings. The van der Waals surface area contributed by atoms with Gasteiger partial charge >= 0.3 is 0 Å². The number of methoxy groups -OCH3 is 1. The second kappa shape index (κ2) is 10.9. The van der Waals surface area contributed by atoms with Crippen molar-refractivity contribution in [2.75, 3.05) is 20.8 Å². The van der Waals surface area contributed by atoms with Gasteiger partial charge in [-0.05, 0) is 71.0 Å². The van der Waals surface area contributed by atoms with Gasteiger partial charge in [0.25, 0.3) is 5.91 Å². The van der Waals surface area contributed by atoms with Crippen molar-refractivity contribution in [3.8, 4) is 11.5 Å². The Bertz CT molecular complexity index is 778. The van der Waals surface area contributed by atoms with E-state index in [2.05, 4.69) is 27.9 Å². The number of carbonyl (C=O) groups is 2. The van der Waals surface area contributed by atoms with E-state index in [0.717, 1.165) is 14.9 Å². The molecule has 150 valence electrons. The molecule has 0 unspecified atom stereocenters. The molecule has 2 aromatic carbocycles. The van der Waals surface area contributed by atoms with Crippen molar-refractivity contribution in [1.82, 2.24) is 10.2 Å². The van der Waals surface area contributed by atoms with Crippen LogP contribution in [0, 0.1) is 3.57 Å². The molecule has 1 atom stereocenters. The third-order valence-electron chi connectivity index (χ3n) is 4.32. The highest BCUT2D eigenvalue weighted by molar-refractivity contribution is 14.1. The highest BCUT2D eigenvalue weighted by Gasteiger charge is 2.28. The van der Waals surface area contributed by atoms with Gasteiger partial charge in [0.2, 0.25) is 5.91 Å². The van der Waals surface area contributed by atoms with Crippen LogP contribution < -0.4 is 14.8 Å². The van der Waals surface area contributed by atoms with E-state index in [0.29, 0.717) is 18.7 Å². The van der Waals surface area contributed by atoms with Crippen LogP contribution in [0.1, 0.15) is 18.9 Å². The van der Waals surface area contributed by atoms with Gasteiger partial charge in [-0.25, -0.2) is 0 Å². The zero-order valence-corrected chi connectivity index (χ0v) is 18.4. The first kappa shape index (κ1) is 22.0. The van der Waals surface area contributed by atoms with Gasteiger partial charge in [0.05, 0.1) is 7.11 Å². The molecule has 2 aromatic rings. The highest BCUT2D eigenvalue weighted by Crippen LogP contribution is 2.17. The van der Waals surface area contributed by atoms with Gasteiger partial charge in [0.1, 0.15) is 17.5 Å². The average Bonchev–Trinajstić information content (AvgIpc) is 2.73. The lowest BCUT2D eigenvalue weighted by atomic mass is 10.1. The Morgan fingerprint density at radius 3 is 2.21 bits per heavy atom. The third-order valence-corrected chi connectivity index (χ3v) is 5.04. The molecular weight excluding hydrogens is 471 g/mol. The number of rotatable bonds is 9. The molecule has 0 saturated carbocycles. The molecule has 0 saturated heterocycles. The van der Waals surface area contributed by atoms with Crippen LogP contribution in [-0.2, 0) is 16.1 Å². The standard InChI is InChI=1S/C21H25IN2O4/c1-4-19(21(26)23-2)24(13-15-5-9-17(27-3)10-6-15)20(25)14-28-18-11-7-16(22)8-12-18/h5-12,19H,4,13-14H2,1-3H3,(H,23,26)/t19-/m0/s1. The number of benzene rings is 2. The van der Waals surface area contributed by atoms with Crippen molar-refractivity contribution in [2.24, 2.45) is 0 Å². The minimum Gasteiger partial charge on any atom is -0.497 e. The summed E-state index contributed by atoms with van der Waals surface area (Å²) in [6.07, 6.45) is 0.505. The molecule has 0 fully saturated rings. The number of nitrogens with zero attached hydrogens (tertiary/aromatic N) is 1. The molecule has 0 spiro atoms. The third kappa shape index (κ3) is 6.12. The molecule has 1 N–H and O–H groups in total. The molecular formula is C21H25IN2O4. The van der Waals surface area contributed by atoms with Crippen LogP contribution in [0.2, 0.25) is 0 Å². The second-order valence-electron chi connectivity index (χ2n) is 6.15. The van der Waals surface area contributed by atoms with Crippen molar-refractivity contribution >= 4 is 34.4 Å². The summed E-state index contributed by atoms with van der Waals surface area (Å²) in [5, 5.41) is 2.64. The maximum absolute atomic E-state index is 12.9. The molecule has 7 heteroatoms. The number of carbonyl (C=O) groups excluding carboxylic acids is 2. The van der Waals surface area contributed by atoms with E-state index >= 15 is 0 Å². The Balaban J connectivity index is 2.16. The lowest BCUT2D eigenvalue weighted by molar-refractivity contribution is -0.142. The molecule has 0 aromatic heterocycles. The van der Waals surface area contributed by atoms with Crippen LogP contribution >= 0.6 is 22.6 Å². The van der Waals surface area contributed by atoms with Crippen LogP contribution in [0.4, 0.5) is 0 Å². The summed E-state index contributed by atoms with van der Waals surface area (Å²) in [5.41, 5.74) is 0.908. The number of nitrogens with one attached hydrogen (secondary N) is 1. The maximum Gasteiger partial charge on any atom is 0.261 e. The monoisotopic (exact) mass is 496 g/mol. The number of hydrogen-bond donors (Lipinski definition) is 1. The molecule has 0 aliphatic heterocycles. The molecule has 0 aliphatic carbocycles. The van der Waals surface area contributed by atoms with E-state index in [1.807, 2.05) is 55.5 Å². The van der Waals surface area contributed by atoms with Crippen LogP contribution in [0.15, 0.2) is 48.5 Å². The molecule has 6 nitrogen and oxygen atoms in total. The first-order chi connectivity index (χ1) is 13.5. The minimum atomic E-state index is -0.570. The second-order valence-corrected chi connectivity index (χ2v) is 7.40. The Morgan fingerprint density at radius 1 is 1.07 bits per heavy atom. The SMILES string of the molecule is CC[C@@H](C(=O)NC)N(Cc1ccc(OC)cc1)C(=O)COc1ccc(I)cc1. The van der Waals surface area contributed by atoms with Crippen LogP contribution in [0.3, 0.4) is 0 Å². The summed E-state index contributed by atoms with van der Waals surface area (Å²) in [6.45, 7) is 2.06. The van der Waals surface area contributed by atoms with Gasteiger partial charge in [-0.15, -0.1) is 0 Å². The van der Waals surface area contributed by atoms with Crippen LogP contribution in [0.25, 0.3) is 0 Å². The maximum atomic E-state index is 12.9. The van der Waals surface area contributed by atoms with Gasteiger partial charge in [0, 0.05) is 17.2 Å². The smallest absolute Gasteiger partial charge is 0.261 e. The lowest BCUT2D eigenvalue weighted by Crippen LogP contribution is -2.49. The van der Waals surface area contributed by atoms with Gasteiger partial charge in [0.15, 0.2) is 6.61 Å². The number of ether oxygens (including phenoxy) is 2. The molecule has 2 rings (SSSR count). The number of likely N-dealkylation sites (N-methyl/N-ethyl adjacent to an activating group) is 1. The van der Waals surface area contributed by atoms with E-state index in [9.17, 15) is 9.59 Å². The van der Waals surface area contributed by atoms with Crippen molar-refractivity contribution in [3.05, 3.63) is 57.7 Å². The molecule has 2 amide bonds. The summed E-state index contributed by atoms with van der Waals surface area (Å²) in [4.78, 5) is 26.8. The number of amides is 2. The Hall–Kier alpha value is -2.29. The van der Waals surface area contributed by atoms with E-state index in [-0.39, 0.29) is 18.4 Å². The van der Waals surface area contributed by atoms with Crippen molar-refractivity contribution in [1.29, 1.82) is 0 Å². The van der Waals surface area contributed by atoms with Gasteiger partial charge in [-0.3, -0.25) is 9.59 Å². The molecule has 0 bridgehead atoms. The summed E-state index contributed by atoms with van der Waals surface area (Å²) in [5.74, 6) is 0.914. The van der Waals surface area contributed by atoms with Crippen LogP contribution in [-0.4, -0.2) is 43.5 Å². The van der Waals surface area contributed by atoms with Crippen molar-refractivity contribution in [2.45, 2.75) is 25.9 Å². The fourth-order valence-electron chi connectivity index (χ4n) is 2.77. The summed E-state index contributed by atoms with van der Waals surface area (Å²) >= 11 is 2.21. The lowest BCUT2D eigenvalue weighted by Gasteiger charge is -2.30. The quantitative estimate of drug-likeness (QED) is 0.542. The number of hydrogen-bond acceptors (Lipinski definition) is 4. The van der Waals surface area contributed by atoms with E-state index in [4.69, 9.17) is 9.47 Å². The summed E-state index contributed by atoms with van der Waals surface area (Å²) < 4.78 is 11.9. The zero-order chi connectivity index (χ0) is 20.5. The number of halogens is 1. The predicted molar refractivity (Wildman–Crippen MR) is 116 cm³/mol. The average molecular weight is 496 g/mol. The van der Waals surface area contributed by atoms with Crippen LogP contribution in [0.5, 0.6) is 11.5 Å². The molecule has 28 heavy (non-hydrogen) atoms. The van der Waals surface area contributed by atoms with Crippen molar-refractivity contribution in [3.63, 3.8) is 0 Å². The highest BCUT2D eigenvalue weighted by atomic mass is 127. The van der Waals surface area contributed by atoms with Gasteiger partial charge in [-0.2, -0.15) is 0 Å². The summed E-state index contributed by atoms with van der Waals surface area (Å²) in [7, 11) is 3.18. The van der Waals surface area contributed by atoms with Gasteiger partial charge < -0.3 is 19.7 Å². The largest absolute Gasteiger partial charge is 0.497 e. The summed E-state index contributed by atoms with van der Waals surface area (Å²) in [6, 6.07) is 14.3. The predicted octanol–water partition coefficient (Wildman–Crippen LogP) is 3.23. The van der Waals surface area contributed by atoms with Crippen molar-refractivity contribution < 1.29 is 19.1 Å². The molecule has 0 radical (unpaired) electrons. The minimum absolute atomic E-state index is 0.135. The zero-order valence-electron chi connectivity index (χ0n) is 16.3. The van der Waals surface area contributed by atoms with E-state index in [1.54, 1.807) is 19.1 Å². The normalized spacial score (nSPS) is 11.4. The fraction of sp³-hybridized carbons (Fsp3) is 0.333. The fourth-order valence-corrected chi connectivity index (χ4v) is 3.13. The molecule has 0 heterocycles. The van der Waals surface area contributed by atoms with E-state index in [1.165, 1.54) is 0 Å². The van der Waals surface area contributed by atoms with Gasteiger partial charge in [-0.1, -0.05) is 19.1 Å². The Morgan fingerprint density at radius 2 is 1.68 bits per heavy atom. The topological polar surface area (TPSA) is 67.9 Å². The first-order valence-electron chi connectivity index (χ1n) is 9.00. The van der Waals surface area contributed by atoms with E-state index < -0.39 is 6.04 Å². The Labute approximate surface area is 179 Å².